The van der Waals surface area contributed by atoms with Crippen molar-refractivity contribution in [3.8, 4) is 0 Å². The predicted octanol–water partition coefficient (Wildman–Crippen LogP) is 3.85. The summed E-state index contributed by atoms with van der Waals surface area (Å²) in [6.45, 7) is 4.99. The van der Waals surface area contributed by atoms with Crippen LogP contribution in [0.4, 0.5) is 19.0 Å². The summed E-state index contributed by atoms with van der Waals surface area (Å²) in [7, 11) is 0. The minimum Gasteiger partial charge on any atom is -0.381 e. The van der Waals surface area contributed by atoms with Gasteiger partial charge in [0.1, 0.15) is 5.82 Å². The molecule has 2 aliphatic carbocycles. The fourth-order valence-electron chi connectivity index (χ4n) is 7.78. The van der Waals surface area contributed by atoms with Crippen LogP contribution in [-0.2, 0) is 15.7 Å². The molecular weight excluding hydrogens is 457 g/mol. The summed E-state index contributed by atoms with van der Waals surface area (Å²) in [6, 6.07) is 3.08. The lowest BCUT2D eigenvalue weighted by molar-refractivity contribution is -0.144. The molecule has 0 aromatic carbocycles. The molecule has 0 spiro atoms. The molecule has 5 aliphatic rings. The Kier molecular flexibility index (Phi) is 5.79. The zero-order valence-electron chi connectivity index (χ0n) is 20.3. The highest BCUT2D eigenvalue weighted by atomic mass is 19.4. The number of carbonyl (C=O) groups is 1. The van der Waals surface area contributed by atoms with Crippen LogP contribution in [0.3, 0.4) is 0 Å². The number of carbonyl (C=O) groups excluding carboxylic acids is 1. The van der Waals surface area contributed by atoms with Gasteiger partial charge in [0.15, 0.2) is 0 Å². The van der Waals surface area contributed by atoms with E-state index in [0.717, 1.165) is 70.3 Å². The maximum atomic E-state index is 14.1. The van der Waals surface area contributed by atoms with Gasteiger partial charge in [-0.2, -0.15) is 13.2 Å². The monoisotopic (exact) mass is 492 g/mol. The number of rotatable bonds is 4. The number of aromatic nitrogens is 1. The number of fused-ring (bicyclic) bond motifs is 3. The van der Waals surface area contributed by atoms with Gasteiger partial charge in [-0.3, -0.25) is 4.79 Å². The van der Waals surface area contributed by atoms with Gasteiger partial charge in [0, 0.05) is 38.0 Å². The summed E-state index contributed by atoms with van der Waals surface area (Å²) in [5, 5.41) is 3.89. The average molecular weight is 493 g/mol. The molecule has 2 bridgehead atoms. The zero-order valence-corrected chi connectivity index (χ0v) is 20.3. The normalized spacial score (nSPS) is 38.9. The fraction of sp³-hybridized carbons (Fsp3) is 0.769. The number of nitrogens with one attached hydrogen (secondary N) is 1. The van der Waals surface area contributed by atoms with Crippen molar-refractivity contribution in [2.75, 3.05) is 31.2 Å². The Morgan fingerprint density at radius 3 is 2.83 bits per heavy atom. The molecule has 6 rings (SSSR count). The second kappa shape index (κ2) is 8.61. The topological polar surface area (TPSA) is 57.7 Å². The Hall–Kier alpha value is -1.87. The summed E-state index contributed by atoms with van der Waals surface area (Å²) in [5.41, 5.74) is -0.940. The van der Waals surface area contributed by atoms with Crippen molar-refractivity contribution in [2.45, 2.75) is 82.2 Å². The second-order valence-corrected chi connectivity index (χ2v) is 11.5. The lowest BCUT2D eigenvalue weighted by Gasteiger charge is -2.40. The second-order valence-electron chi connectivity index (χ2n) is 11.5. The Morgan fingerprint density at radius 2 is 2.09 bits per heavy atom. The Labute approximate surface area is 204 Å². The summed E-state index contributed by atoms with van der Waals surface area (Å²) in [4.78, 5) is 22.3. The molecule has 1 aromatic heterocycles. The molecule has 5 fully saturated rings. The molecule has 4 heterocycles. The summed E-state index contributed by atoms with van der Waals surface area (Å²) in [6.07, 6.45) is 3.86. The van der Waals surface area contributed by atoms with Gasteiger partial charge >= 0.3 is 6.18 Å². The van der Waals surface area contributed by atoms with E-state index in [-0.39, 0.29) is 17.5 Å². The van der Waals surface area contributed by atoms with Crippen LogP contribution in [0.25, 0.3) is 0 Å². The van der Waals surface area contributed by atoms with E-state index >= 15 is 0 Å². The number of ether oxygens (including phenoxy) is 1. The summed E-state index contributed by atoms with van der Waals surface area (Å²) < 4.78 is 45.2. The molecule has 3 saturated heterocycles. The third kappa shape index (κ3) is 4.02. The molecule has 6 nitrogen and oxygen atoms in total. The standard InChI is InChI=1S/C26H35F3N4O2/c1-16-15-35-8-5-22(16)31-19-9-17-3-2-6-25(17,12-19)24(34)33-14-20-11-21(33)13-32(20)23-10-18(4-7-30-23)26(27,28)29/h4,7,10,16-17,19-22,31H,2-3,5-6,8-9,11-15H2,1H3/t16-,17-,19-,20+,21+,22+,25-/m1/s1. The van der Waals surface area contributed by atoms with Gasteiger partial charge in [-0.15, -0.1) is 0 Å². The average Bonchev–Trinajstić information content (AvgIpc) is 3.59. The maximum Gasteiger partial charge on any atom is 0.416 e. The molecule has 1 amide bonds. The van der Waals surface area contributed by atoms with Crippen molar-refractivity contribution in [1.29, 1.82) is 0 Å². The number of likely N-dealkylation sites (tertiary alicyclic amines) is 1. The zero-order chi connectivity index (χ0) is 24.4. The lowest BCUT2D eigenvalue weighted by Crippen LogP contribution is -2.54. The van der Waals surface area contributed by atoms with Crippen LogP contribution < -0.4 is 10.2 Å². The van der Waals surface area contributed by atoms with Gasteiger partial charge in [0.05, 0.1) is 29.7 Å². The van der Waals surface area contributed by atoms with Gasteiger partial charge in [0.2, 0.25) is 5.91 Å². The summed E-state index contributed by atoms with van der Waals surface area (Å²) >= 11 is 0. The maximum absolute atomic E-state index is 14.1. The van der Waals surface area contributed by atoms with Gasteiger partial charge in [-0.05, 0) is 62.5 Å². The van der Waals surface area contributed by atoms with E-state index in [9.17, 15) is 18.0 Å². The number of halogens is 3. The number of pyridine rings is 1. The van der Waals surface area contributed by atoms with Gasteiger partial charge < -0.3 is 19.9 Å². The number of amides is 1. The Balaban J connectivity index is 1.14. The predicted molar refractivity (Wildman–Crippen MR) is 125 cm³/mol. The molecule has 7 atom stereocenters. The highest BCUT2D eigenvalue weighted by Crippen LogP contribution is 2.56. The number of hydrogen-bond acceptors (Lipinski definition) is 5. The minimum absolute atomic E-state index is 0.0367. The number of piperazine rings is 1. The van der Waals surface area contributed by atoms with Crippen LogP contribution in [0.5, 0.6) is 0 Å². The van der Waals surface area contributed by atoms with E-state index in [1.807, 2.05) is 4.90 Å². The molecule has 192 valence electrons. The molecule has 2 saturated carbocycles. The third-order valence-corrected chi connectivity index (χ3v) is 9.52. The molecule has 0 radical (unpaired) electrons. The molecule has 35 heavy (non-hydrogen) atoms. The highest BCUT2D eigenvalue weighted by molar-refractivity contribution is 5.85. The number of nitrogens with zero attached hydrogens (tertiary/aromatic N) is 3. The van der Waals surface area contributed by atoms with E-state index in [2.05, 4.69) is 22.1 Å². The third-order valence-electron chi connectivity index (χ3n) is 9.52. The van der Waals surface area contributed by atoms with Crippen LogP contribution in [0.2, 0.25) is 0 Å². The Morgan fingerprint density at radius 1 is 1.23 bits per heavy atom. The van der Waals surface area contributed by atoms with E-state index in [4.69, 9.17) is 4.74 Å². The van der Waals surface area contributed by atoms with Gasteiger partial charge in [-0.1, -0.05) is 13.3 Å². The first-order valence-corrected chi connectivity index (χ1v) is 13.2. The van der Waals surface area contributed by atoms with Crippen molar-refractivity contribution >= 4 is 11.7 Å². The van der Waals surface area contributed by atoms with Crippen molar-refractivity contribution in [3.05, 3.63) is 23.9 Å². The molecule has 3 aliphatic heterocycles. The van der Waals surface area contributed by atoms with Crippen molar-refractivity contribution in [2.24, 2.45) is 17.3 Å². The quantitative estimate of drug-likeness (QED) is 0.692. The molecular formula is C26H35F3N4O2. The van der Waals surface area contributed by atoms with Crippen molar-refractivity contribution in [3.63, 3.8) is 0 Å². The largest absolute Gasteiger partial charge is 0.416 e. The first-order chi connectivity index (χ1) is 16.7. The van der Waals surface area contributed by atoms with Crippen molar-refractivity contribution in [1.82, 2.24) is 15.2 Å². The molecule has 1 N–H and O–H groups in total. The van der Waals surface area contributed by atoms with Crippen LogP contribution in [-0.4, -0.2) is 66.3 Å². The van der Waals surface area contributed by atoms with Crippen LogP contribution >= 0.6 is 0 Å². The highest BCUT2D eigenvalue weighted by Gasteiger charge is 2.59. The van der Waals surface area contributed by atoms with Crippen LogP contribution in [0.1, 0.15) is 57.4 Å². The molecule has 9 heteroatoms. The number of anilines is 1. The van der Waals surface area contributed by atoms with E-state index in [1.165, 1.54) is 6.20 Å². The first kappa shape index (κ1) is 23.5. The fourth-order valence-corrected chi connectivity index (χ4v) is 7.78. The lowest BCUT2D eigenvalue weighted by atomic mass is 9.78. The number of alkyl halides is 3. The summed E-state index contributed by atoms with van der Waals surface area (Å²) in [5.74, 6) is 1.59. The van der Waals surface area contributed by atoms with Gasteiger partial charge in [-0.25, -0.2) is 4.98 Å². The molecule has 0 unspecified atom stereocenters. The Bertz CT molecular complexity index is 974. The van der Waals surface area contributed by atoms with Crippen LogP contribution in [0.15, 0.2) is 18.3 Å². The van der Waals surface area contributed by atoms with E-state index in [0.29, 0.717) is 48.7 Å². The van der Waals surface area contributed by atoms with Gasteiger partial charge in [0.25, 0.3) is 0 Å². The smallest absolute Gasteiger partial charge is 0.381 e. The molecule has 1 aromatic rings. The van der Waals surface area contributed by atoms with E-state index in [1.54, 1.807) is 0 Å². The van der Waals surface area contributed by atoms with E-state index < -0.39 is 11.7 Å². The van der Waals surface area contributed by atoms with Crippen molar-refractivity contribution < 1.29 is 22.7 Å². The van der Waals surface area contributed by atoms with Crippen LogP contribution in [0, 0.1) is 17.3 Å². The number of hydrogen-bond donors (Lipinski definition) is 1. The minimum atomic E-state index is -4.38. The SMILES string of the molecule is C[C@@H]1COCC[C@@H]1N[C@@H]1C[C@H]2CCC[C@@]2(C(=O)N2C[C@@H]3C[C@H]2CN3c2cc(C(F)(F)F)ccn2)C1. The first-order valence-electron chi connectivity index (χ1n) is 13.2.